The van der Waals surface area contributed by atoms with Crippen molar-refractivity contribution in [2.75, 3.05) is 0 Å². The average Bonchev–Trinajstić information content (AvgIpc) is 2.64. The SMILES string of the molecule is O=C(c1ccccc1)C1CCc2ccccc2-c2ccccc2C1. The largest absolute Gasteiger partial charge is 0.294 e. The Kier molecular flexibility index (Phi) is 4.00. The van der Waals surface area contributed by atoms with Gasteiger partial charge in [-0.2, -0.15) is 0 Å². The van der Waals surface area contributed by atoms with Crippen molar-refractivity contribution < 1.29 is 4.79 Å². The summed E-state index contributed by atoms with van der Waals surface area (Å²) in [6, 6.07) is 26.8. The van der Waals surface area contributed by atoms with E-state index < -0.39 is 0 Å². The van der Waals surface area contributed by atoms with Gasteiger partial charge in [0.15, 0.2) is 5.78 Å². The number of carbonyl (C=O) groups is 1. The molecule has 0 heterocycles. The second-order valence-electron chi connectivity index (χ2n) is 6.48. The van der Waals surface area contributed by atoms with Crippen LogP contribution in [0.4, 0.5) is 0 Å². The zero-order valence-corrected chi connectivity index (χ0v) is 13.6. The van der Waals surface area contributed by atoms with Gasteiger partial charge >= 0.3 is 0 Å². The number of carbonyl (C=O) groups excluding carboxylic acids is 1. The molecule has 3 aromatic carbocycles. The summed E-state index contributed by atoms with van der Waals surface area (Å²) in [5.74, 6) is 0.312. The van der Waals surface area contributed by atoms with Crippen molar-refractivity contribution in [3.05, 3.63) is 95.6 Å². The summed E-state index contributed by atoms with van der Waals surface area (Å²) < 4.78 is 0. The standard InChI is InChI=1S/C23H20O/c24-23(18-9-2-1-3-10-18)20-15-14-17-8-4-6-12-21(17)22-13-7-5-11-19(22)16-20/h1-13,20H,14-16H2. The van der Waals surface area contributed by atoms with Gasteiger partial charge in [0.05, 0.1) is 0 Å². The second kappa shape index (κ2) is 6.45. The van der Waals surface area contributed by atoms with E-state index in [0.29, 0.717) is 0 Å². The number of fused-ring (bicyclic) bond motifs is 3. The molecule has 1 aliphatic carbocycles. The molecule has 0 aromatic heterocycles. The first kappa shape index (κ1) is 14.9. The van der Waals surface area contributed by atoms with Gasteiger partial charge in [-0.1, -0.05) is 78.9 Å². The Morgan fingerprint density at radius 3 is 2.04 bits per heavy atom. The minimum atomic E-state index is 0.0434. The van der Waals surface area contributed by atoms with Gasteiger partial charge in [-0.15, -0.1) is 0 Å². The monoisotopic (exact) mass is 312 g/mol. The lowest BCUT2D eigenvalue weighted by atomic mass is 9.80. The van der Waals surface area contributed by atoms with Crippen LogP contribution in [0, 0.1) is 5.92 Å². The lowest BCUT2D eigenvalue weighted by molar-refractivity contribution is 0.0912. The van der Waals surface area contributed by atoms with Crippen molar-refractivity contribution in [1.29, 1.82) is 0 Å². The normalized spacial score (nSPS) is 16.4. The highest BCUT2D eigenvalue weighted by atomic mass is 16.1. The molecule has 1 nitrogen and oxygen atoms in total. The van der Waals surface area contributed by atoms with Crippen molar-refractivity contribution in [2.45, 2.75) is 19.3 Å². The minimum Gasteiger partial charge on any atom is -0.294 e. The van der Waals surface area contributed by atoms with Crippen molar-refractivity contribution in [1.82, 2.24) is 0 Å². The van der Waals surface area contributed by atoms with Crippen LogP contribution in [-0.2, 0) is 12.8 Å². The van der Waals surface area contributed by atoms with E-state index >= 15 is 0 Å². The Morgan fingerprint density at radius 1 is 0.708 bits per heavy atom. The van der Waals surface area contributed by atoms with E-state index in [1.54, 1.807) is 0 Å². The van der Waals surface area contributed by atoms with Crippen LogP contribution < -0.4 is 0 Å². The van der Waals surface area contributed by atoms with E-state index in [1.165, 1.54) is 22.3 Å². The summed E-state index contributed by atoms with van der Waals surface area (Å²) in [6.45, 7) is 0. The maximum Gasteiger partial charge on any atom is 0.166 e. The zero-order valence-electron chi connectivity index (χ0n) is 13.6. The number of Topliss-reactive ketones (excluding diaryl/α,β-unsaturated/α-hetero) is 1. The van der Waals surface area contributed by atoms with E-state index in [1.807, 2.05) is 30.3 Å². The van der Waals surface area contributed by atoms with Crippen molar-refractivity contribution in [2.24, 2.45) is 5.92 Å². The third-order valence-corrected chi connectivity index (χ3v) is 4.98. The molecule has 0 aliphatic heterocycles. The van der Waals surface area contributed by atoms with Crippen LogP contribution in [0.3, 0.4) is 0 Å². The number of aryl methyl sites for hydroxylation is 1. The van der Waals surface area contributed by atoms with Crippen molar-refractivity contribution in [3.63, 3.8) is 0 Å². The van der Waals surface area contributed by atoms with E-state index in [-0.39, 0.29) is 11.7 Å². The fourth-order valence-corrected chi connectivity index (χ4v) is 3.72. The first-order chi connectivity index (χ1) is 11.8. The summed E-state index contributed by atoms with van der Waals surface area (Å²) in [6.07, 6.45) is 2.67. The number of hydrogen-bond acceptors (Lipinski definition) is 1. The molecule has 1 atom stereocenters. The molecular formula is C23H20O. The molecule has 0 spiro atoms. The van der Waals surface area contributed by atoms with Crippen LogP contribution in [0.25, 0.3) is 11.1 Å². The van der Waals surface area contributed by atoms with Crippen molar-refractivity contribution >= 4 is 5.78 Å². The molecule has 0 fully saturated rings. The van der Waals surface area contributed by atoms with Gasteiger partial charge in [0.25, 0.3) is 0 Å². The van der Waals surface area contributed by atoms with Crippen LogP contribution in [0.5, 0.6) is 0 Å². The smallest absolute Gasteiger partial charge is 0.166 e. The van der Waals surface area contributed by atoms with Crippen LogP contribution in [-0.4, -0.2) is 5.78 Å². The summed E-state index contributed by atoms with van der Waals surface area (Å²) in [7, 11) is 0. The minimum absolute atomic E-state index is 0.0434. The highest BCUT2D eigenvalue weighted by Gasteiger charge is 2.24. The third-order valence-electron chi connectivity index (χ3n) is 4.98. The van der Waals surface area contributed by atoms with Gasteiger partial charge in [0.2, 0.25) is 0 Å². The van der Waals surface area contributed by atoms with Crippen molar-refractivity contribution in [3.8, 4) is 11.1 Å². The van der Waals surface area contributed by atoms with Gasteiger partial charge in [0, 0.05) is 11.5 Å². The lowest BCUT2D eigenvalue weighted by Crippen LogP contribution is -2.20. The summed E-state index contributed by atoms with van der Waals surface area (Å²) in [5, 5.41) is 0. The maximum atomic E-state index is 13.0. The first-order valence-electron chi connectivity index (χ1n) is 8.58. The number of hydrogen-bond donors (Lipinski definition) is 0. The predicted molar refractivity (Wildman–Crippen MR) is 98.2 cm³/mol. The molecule has 0 saturated heterocycles. The Bertz CT molecular complexity index is 864. The molecule has 1 unspecified atom stereocenters. The number of benzene rings is 3. The maximum absolute atomic E-state index is 13.0. The molecule has 4 rings (SSSR count). The molecular weight excluding hydrogens is 292 g/mol. The summed E-state index contributed by atoms with van der Waals surface area (Å²) >= 11 is 0. The molecule has 1 aliphatic rings. The van der Waals surface area contributed by atoms with Crippen LogP contribution in [0.15, 0.2) is 78.9 Å². The van der Waals surface area contributed by atoms with Gasteiger partial charge < -0.3 is 0 Å². The van der Waals surface area contributed by atoms with Gasteiger partial charge in [-0.05, 0) is 41.5 Å². The second-order valence-corrected chi connectivity index (χ2v) is 6.48. The van der Waals surface area contributed by atoms with E-state index in [9.17, 15) is 4.79 Å². The molecule has 0 bridgehead atoms. The Hall–Kier alpha value is -2.67. The highest BCUT2D eigenvalue weighted by Crippen LogP contribution is 2.34. The quantitative estimate of drug-likeness (QED) is 0.584. The molecule has 24 heavy (non-hydrogen) atoms. The van der Waals surface area contributed by atoms with Crippen LogP contribution in [0.1, 0.15) is 27.9 Å². The third kappa shape index (κ3) is 2.78. The van der Waals surface area contributed by atoms with E-state index in [2.05, 4.69) is 48.5 Å². The fourth-order valence-electron chi connectivity index (χ4n) is 3.72. The zero-order chi connectivity index (χ0) is 16.4. The van der Waals surface area contributed by atoms with E-state index in [0.717, 1.165) is 24.8 Å². The molecule has 0 saturated carbocycles. The predicted octanol–water partition coefficient (Wildman–Crippen LogP) is 5.34. The Balaban J connectivity index is 1.75. The van der Waals surface area contributed by atoms with Gasteiger partial charge in [0.1, 0.15) is 0 Å². The molecule has 1 heteroatoms. The summed E-state index contributed by atoms with van der Waals surface area (Å²) in [4.78, 5) is 13.0. The lowest BCUT2D eigenvalue weighted by Gasteiger charge is -2.23. The van der Waals surface area contributed by atoms with Gasteiger partial charge in [-0.25, -0.2) is 0 Å². The van der Waals surface area contributed by atoms with Crippen LogP contribution in [0.2, 0.25) is 0 Å². The van der Waals surface area contributed by atoms with Gasteiger partial charge in [-0.3, -0.25) is 4.79 Å². The number of rotatable bonds is 2. The number of ketones is 1. The average molecular weight is 312 g/mol. The summed E-state index contributed by atoms with van der Waals surface area (Å²) in [5.41, 5.74) is 6.04. The Labute approximate surface area is 143 Å². The molecule has 0 radical (unpaired) electrons. The molecule has 118 valence electrons. The highest BCUT2D eigenvalue weighted by molar-refractivity contribution is 5.98. The first-order valence-corrected chi connectivity index (χ1v) is 8.58. The topological polar surface area (TPSA) is 17.1 Å². The molecule has 0 amide bonds. The van der Waals surface area contributed by atoms with E-state index in [4.69, 9.17) is 0 Å². The molecule has 3 aromatic rings. The Morgan fingerprint density at radius 2 is 1.29 bits per heavy atom. The van der Waals surface area contributed by atoms with Crippen LogP contribution >= 0.6 is 0 Å². The fraction of sp³-hybridized carbons (Fsp3) is 0.174. The molecule has 0 N–H and O–H groups in total.